The van der Waals surface area contributed by atoms with Crippen LogP contribution in [0, 0.1) is 6.92 Å². The van der Waals surface area contributed by atoms with Crippen LogP contribution in [0.15, 0.2) is 30.5 Å². The van der Waals surface area contributed by atoms with Crippen LogP contribution in [-0.2, 0) is 12.8 Å². The first-order valence-electron chi connectivity index (χ1n) is 8.16. The molecule has 0 fully saturated rings. The Bertz CT molecular complexity index is 558. The molecule has 0 aliphatic carbocycles. The van der Waals surface area contributed by atoms with Crippen molar-refractivity contribution in [1.82, 2.24) is 9.97 Å². The molecular formula is C19H26N2. The summed E-state index contributed by atoms with van der Waals surface area (Å²) in [5, 5.41) is 0. The molecule has 0 N–H and O–H groups in total. The standard InChI is InChI=1S/C19H26N2/c1-4-6-7-9-16-10-12-17(13-11-16)19-20-14-18(8-5-2)15(3)21-19/h10-14H,4-9H2,1-3H3. The highest BCUT2D eigenvalue weighted by Crippen LogP contribution is 2.18. The minimum absolute atomic E-state index is 0.840. The molecule has 0 atom stereocenters. The number of hydrogen-bond acceptors (Lipinski definition) is 2. The Morgan fingerprint density at radius 2 is 1.67 bits per heavy atom. The van der Waals surface area contributed by atoms with Crippen LogP contribution < -0.4 is 0 Å². The zero-order valence-electron chi connectivity index (χ0n) is 13.5. The van der Waals surface area contributed by atoms with Crippen LogP contribution >= 0.6 is 0 Å². The molecule has 1 aromatic heterocycles. The highest BCUT2D eigenvalue weighted by atomic mass is 14.9. The molecule has 0 saturated carbocycles. The number of unbranched alkanes of at least 4 members (excludes halogenated alkanes) is 2. The normalized spacial score (nSPS) is 10.8. The predicted molar refractivity (Wildman–Crippen MR) is 89.4 cm³/mol. The van der Waals surface area contributed by atoms with Gasteiger partial charge in [-0.3, -0.25) is 0 Å². The molecule has 112 valence electrons. The number of nitrogens with zero attached hydrogens (tertiary/aromatic N) is 2. The van der Waals surface area contributed by atoms with Crippen molar-refractivity contribution in [3.05, 3.63) is 47.3 Å². The first-order valence-corrected chi connectivity index (χ1v) is 8.16. The van der Waals surface area contributed by atoms with Gasteiger partial charge in [0.2, 0.25) is 0 Å². The second-order valence-corrected chi connectivity index (χ2v) is 5.71. The van der Waals surface area contributed by atoms with Crippen molar-refractivity contribution in [3.63, 3.8) is 0 Å². The minimum Gasteiger partial charge on any atom is -0.236 e. The lowest BCUT2D eigenvalue weighted by molar-refractivity contribution is 0.717. The fourth-order valence-corrected chi connectivity index (χ4v) is 2.55. The van der Waals surface area contributed by atoms with E-state index in [1.165, 1.54) is 36.8 Å². The molecule has 21 heavy (non-hydrogen) atoms. The third kappa shape index (κ3) is 4.38. The summed E-state index contributed by atoms with van der Waals surface area (Å²) >= 11 is 0. The van der Waals surface area contributed by atoms with E-state index in [1.54, 1.807) is 0 Å². The van der Waals surface area contributed by atoms with Crippen LogP contribution in [-0.4, -0.2) is 9.97 Å². The van der Waals surface area contributed by atoms with Gasteiger partial charge in [0.15, 0.2) is 5.82 Å². The van der Waals surface area contributed by atoms with Crippen molar-refractivity contribution in [1.29, 1.82) is 0 Å². The lowest BCUT2D eigenvalue weighted by Gasteiger charge is -2.07. The number of rotatable bonds is 7. The minimum atomic E-state index is 0.840. The maximum Gasteiger partial charge on any atom is 0.159 e. The topological polar surface area (TPSA) is 25.8 Å². The molecule has 0 aliphatic heterocycles. The zero-order chi connectivity index (χ0) is 15.1. The summed E-state index contributed by atoms with van der Waals surface area (Å²) in [4.78, 5) is 9.18. The van der Waals surface area contributed by atoms with Gasteiger partial charge in [-0.1, -0.05) is 57.4 Å². The van der Waals surface area contributed by atoms with E-state index in [4.69, 9.17) is 0 Å². The Balaban J connectivity index is 2.09. The Labute approximate surface area is 128 Å². The molecule has 0 radical (unpaired) electrons. The van der Waals surface area contributed by atoms with Crippen LogP contribution in [0.3, 0.4) is 0 Å². The van der Waals surface area contributed by atoms with Crippen LogP contribution in [0.1, 0.15) is 56.4 Å². The van der Waals surface area contributed by atoms with E-state index < -0.39 is 0 Å². The van der Waals surface area contributed by atoms with Crippen LogP contribution in [0.2, 0.25) is 0 Å². The molecule has 1 heterocycles. The van der Waals surface area contributed by atoms with Crippen molar-refractivity contribution >= 4 is 0 Å². The Morgan fingerprint density at radius 3 is 2.29 bits per heavy atom. The van der Waals surface area contributed by atoms with E-state index in [9.17, 15) is 0 Å². The van der Waals surface area contributed by atoms with Gasteiger partial charge in [0.1, 0.15) is 0 Å². The predicted octanol–water partition coefficient (Wildman–Crippen LogP) is 5.14. The summed E-state index contributed by atoms with van der Waals surface area (Å²) in [6.45, 7) is 6.50. The second kappa shape index (κ2) is 7.92. The first-order chi connectivity index (χ1) is 10.2. The maximum absolute atomic E-state index is 4.66. The molecule has 0 aliphatic rings. The van der Waals surface area contributed by atoms with Crippen LogP contribution in [0.25, 0.3) is 11.4 Å². The van der Waals surface area contributed by atoms with Crippen LogP contribution in [0.5, 0.6) is 0 Å². The van der Waals surface area contributed by atoms with E-state index in [1.807, 2.05) is 6.20 Å². The summed E-state index contributed by atoms with van der Waals surface area (Å²) in [6, 6.07) is 8.72. The van der Waals surface area contributed by atoms with Crippen molar-refractivity contribution in [2.45, 2.75) is 59.3 Å². The second-order valence-electron chi connectivity index (χ2n) is 5.71. The van der Waals surface area contributed by atoms with Gasteiger partial charge in [0.05, 0.1) is 0 Å². The molecule has 0 bridgehead atoms. The summed E-state index contributed by atoms with van der Waals surface area (Å²) < 4.78 is 0. The molecule has 0 amide bonds. The highest BCUT2D eigenvalue weighted by Gasteiger charge is 2.05. The smallest absolute Gasteiger partial charge is 0.159 e. The average molecular weight is 282 g/mol. The van der Waals surface area contributed by atoms with E-state index in [-0.39, 0.29) is 0 Å². The van der Waals surface area contributed by atoms with E-state index in [0.29, 0.717) is 0 Å². The van der Waals surface area contributed by atoms with Gasteiger partial charge in [0.25, 0.3) is 0 Å². The van der Waals surface area contributed by atoms with Gasteiger partial charge in [0, 0.05) is 17.5 Å². The van der Waals surface area contributed by atoms with Crippen LogP contribution in [0.4, 0.5) is 0 Å². The molecule has 0 unspecified atom stereocenters. The molecule has 2 rings (SSSR count). The summed E-state index contributed by atoms with van der Waals surface area (Å²) in [5.41, 5.74) is 4.89. The Kier molecular flexibility index (Phi) is 5.91. The van der Waals surface area contributed by atoms with Gasteiger partial charge in [-0.2, -0.15) is 0 Å². The van der Waals surface area contributed by atoms with Gasteiger partial charge >= 0.3 is 0 Å². The number of hydrogen-bond donors (Lipinski definition) is 0. The number of aryl methyl sites for hydroxylation is 3. The Morgan fingerprint density at radius 1 is 0.905 bits per heavy atom. The van der Waals surface area contributed by atoms with Crippen molar-refractivity contribution in [2.24, 2.45) is 0 Å². The largest absolute Gasteiger partial charge is 0.236 e. The highest BCUT2D eigenvalue weighted by molar-refractivity contribution is 5.55. The fraction of sp³-hybridized carbons (Fsp3) is 0.474. The fourth-order valence-electron chi connectivity index (χ4n) is 2.55. The van der Waals surface area contributed by atoms with Crippen molar-refractivity contribution < 1.29 is 0 Å². The van der Waals surface area contributed by atoms with E-state index >= 15 is 0 Å². The lowest BCUT2D eigenvalue weighted by Crippen LogP contribution is -1.98. The molecule has 2 aromatic rings. The third-order valence-electron chi connectivity index (χ3n) is 3.88. The van der Waals surface area contributed by atoms with E-state index in [0.717, 1.165) is 29.9 Å². The van der Waals surface area contributed by atoms with E-state index in [2.05, 4.69) is 55.0 Å². The van der Waals surface area contributed by atoms with Gasteiger partial charge in [-0.05, 0) is 37.3 Å². The molecule has 2 nitrogen and oxygen atoms in total. The van der Waals surface area contributed by atoms with Gasteiger partial charge in [-0.15, -0.1) is 0 Å². The first kappa shape index (κ1) is 15.7. The summed E-state index contributed by atoms with van der Waals surface area (Å²) in [6.07, 6.45) is 9.20. The number of benzene rings is 1. The monoisotopic (exact) mass is 282 g/mol. The van der Waals surface area contributed by atoms with Gasteiger partial charge < -0.3 is 0 Å². The average Bonchev–Trinajstić information content (AvgIpc) is 2.50. The molecule has 1 aromatic carbocycles. The third-order valence-corrected chi connectivity index (χ3v) is 3.88. The lowest BCUT2D eigenvalue weighted by atomic mass is 10.0. The molecule has 0 saturated heterocycles. The number of aromatic nitrogens is 2. The summed E-state index contributed by atoms with van der Waals surface area (Å²) in [7, 11) is 0. The maximum atomic E-state index is 4.66. The SMILES string of the molecule is CCCCCc1ccc(-c2ncc(CCC)c(C)n2)cc1. The van der Waals surface area contributed by atoms with Crippen molar-refractivity contribution in [3.8, 4) is 11.4 Å². The molecular weight excluding hydrogens is 256 g/mol. The Hall–Kier alpha value is -1.70. The van der Waals surface area contributed by atoms with Crippen molar-refractivity contribution in [2.75, 3.05) is 0 Å². The quantitative estimate of drug-likeness (QED) is 0.657. The summed E-state index contributed by atoms with van der Waals surface area (Å²) in [5.74, 6) is 0.840. The van der Waals surface area contributed by atoms with Gasteiger partial charge in [-0.25, -0.2) is 9.97 Å². The molecule has 2 heteroatoms. The molecule has 0 spiro atoms. The zero-order valence-corrected chi connectivity index (χ0v) is 13.5.